The van der Waals surface area contributed by atoms with E-state index in [1.807, 2.05) is 7.05 Å². The third-order valence-electron chi connectivity index (χ3n) is 6.27. The van der Waals surface area contributed by atoms with Gasteiger partial charge in [0.05, 0.1) is 6.10 Å². The lowest BCUT2D eigenvalue weighted by Gasteiger charge is -2.28. The van der Waals surface area contributed by atoms with Gasteiger partial charge in [-0.3, -0.25) is 4.99 Å². The van der Waals surface area contributed by atoms with Gasteiger partial charge in [-0.15, -0.1) is 0 Å². The molecule has 5 nitrogen and oxygen atoms in total. The lowest BCUT2D eigenvalue weighted by Crippen LogP contribution is -2.40. The van der Waals surface area contributed by atoms with Gasteiger partial charge in [0.2, 0.25) is 0 Å². The van der Waals surface area contributed by atoms with Crippen LogP contribution in [-0.4, -0.2) is 61.6 Å². The number of para-hydroxylation sites is 1. The molecular weight excluding hydrogens is 336 g/mol. The summed E-state index contributed by atoms with van der Waals surface area (Å²) in [5.41, 5.74) is 1.22. The molecule has 0 bridgehead atoms. The molecule has 2 saturated heterocycles. The number of nitrogens with zero attached hydrogens (tertiary/aromatic N) is 3. The van der Waals surface area contributed by atoms with Gasteiger partial charge in [0.1, 0.15) is 5.75 Å². The summed E-state index contributed by atoms with van der Waals surface area (Å²) in [6, 6.07) is 8.42. The SMILES string of the molecule is CN=C(NCc1ccccc1OC1CCC1)N1CCC(CN2CCCC2)C1. The van der Waals surface area contributed by atoms with Crippen molar-refractivity contribution in [3.63, 3.8) is 0 Å². The molecular formula is C22H34N4O. The van der Waals surface area contributed by atoms with E-state index in [9.17, 15) is 0 Å². The molecule has 1 unspecified atom stereocenters. The van der Waals surface area contributed by atoms with Crippen molar-refractivity contribution < 1.29 is 4.74 Å². The molecule has 0 amide bonds. The van der Waals surface area contributed by atoms with Gasteiger partial charge in [-0.25, -0.2) is 0 Å². The van der Waals surface area contributed by atoms with Crippen LogP contribution in [0.1, 0.15) is 44.1 Å². The van der Waals surface area contributed by atoms with E-state index in [-0.39, 0.29) is 0 Å². The third kappa shape index (κ3) is 4.75. The normalized spacial score (nSPS) is 24.3. The number of hydrogen-bond acceptors (Lipinski definition) is 3. The number of rotatable bonds is 6. The topological polar surface area (TPSA) is 40.1 Å². The lowest BCUT2D eigenvalue weighted by atomic mass is 9.96. The second kappa shape index (κ2) is 8.96. The number of ether oxygens (including phenoxy) is 1. The first-order chi connectivity index (χ1) is 13.3. The van der Waals surface area contributed by atoms with Gasteiger partial charge in [0.25, 0.3) is 0 Å². The minimum absolute atomic E-state index is 0.412. The van der Waals surface area contributed by atoms with Crippen molar-refractivity contribution in [2.24, 2.45) is 10.9 Å². The summed E-state index contributed by atoms with van der Waals surface area (Å²) in [5, 5.41) is 3.57. The molecule has 4 rings (SSSR count). The van der Waals surface area contributed by atoms with Gasteiger partial charge < -0.3 is 19.9 Å². The highest BCUT2D eigenvalue weighted by atomic mass is 16.5. The molecule has 5 heteroatoms. The van der Waals surface area contributed by atoms with Gasteiger partial charge >= 0.3 is 0 Å². The summed E-state index contributed by atoms with van der Waals surface area (Å²) in [5.74, 6) is 2.83. The molecule has 148 valence electrons. The van der Waals surface area contributed by atoms with E-state index in [4.69, 9.17) is 4.74 Å². The molecule has 27 heavy (non-hydrogen) atoms. The number of aliphatic imine (C=N–C) groups is 1. The zero-order valence-corrected chi connectivity index (χ0v) is 16.7. The summed E-state index contributed by atoms with van der Waals surface area (Å²) in [4.78, 5) is 9.61. The zero-order chi connectivity index (χ0) is 18.5. The van der Waals surface area contributed by atoms with Gasteiger partial charge in [-0.2, -0.15) is 0 Å². The molecule has 1 aliphatic carbocycles. The summed E-state index contributed by atoms with van der Waals surface area (Å²) in [7, 11) is 1.90. The predicted molar refractivity (Wildman–Crippen MR) is 110 cm³/mol. The molecule has 2 heterocycles. The standard InChI is InChI=1S/C22H34N4O/c1-23-22(26-14-11-18(17-26)16-25-12-4-5-13-25)24-15-19-7-2-3-10-21(19)27-20-8-6-9-20/h2-3,7,10,18,20H,4-6,8-9,11-17H2,1H3,(H,23,24). The Hall–Kier alpha value is -1.75. The van der Waals surface area contributed by atoms with Crippen LogP contribution >= 0.6 is 0 Å². The summed E-state index contributed by atoms with van der Waals surface area (Å²) < 4.78 is 6.17. The summed E-state index contributed by atoms with van der Waals surface area (Å²) >= 11 is 0. The van der Waals surface area contributed by atoms with Crippen molar-refractivity contribution in [3.05, 3.63) is 29.8 Å². The quantitative estimate of drug-likeness (QED) is 0.617. The van der Waals surface area contributed by atoms with Crippen LogP contribution in [0.4, 0.5) is 0 Å². The molecule has 0 spiro atoms. The van der Waals surface area contributed by atoms with E-state index in [1.165, 1.54) is 63.7 Å². The third-order valence-corrected chi connectivity index (χ3v) is 6.27. The van der Waals surface area contributed by atoms with Crippen molar-refractivity contribution in [2.75, 3.05) is 39.8 Å². The van der Waals surface area contributed by atoms with E-state index in [0.717, 1.165) is 37.3 Å². The fraction of sp³-hybridized carbons (Fsp3) is 0.682. The maximum absolute atomic E-state index is 6.17. The highest BCUT2D eigenvalue weighted by Crippen LogP contribution is 2.27. The number of likely N-dealkylation sites (tertiary alicyclic amines) is 2. The maximum Gasteiger partial charge on any atom is 0.193 e. The highest BCUT2D eigenvalue weighted by Gasteiger charge is 2.27. The van der Waals surface area contributed by atoms with E-state index < -0.39 is 0 Å². The van der Waals surface area contributed by atoms with Crippen LogP contribution in [0, 0.1) is 5.92 Å². The number of nitrogens with one attached hydrogen (secondary N) is 1. The monoisotopic (exact) mass is 370 g/mol. The zero-order valence-electron chi connectivity index (χ0n) is 16.7. The Morgan fingerprint density at radius 1 is 1.11 bits per heavy atom. The van der Waals surface area contributed by atoms with Crippen molar-refractivity contribution in [2.45, 2.75) is 51.2 Å². The Balaban J connectivity index is 1.29. The Morgan fingerprint density at radius 2 is 1.93 bits per heavy atom. The minimum Gasteiger partial charge on any atom is -0.490 e. The molecule has 1 N–H and O–H groups in total. The second-order valence-corrected chi connectivity index (χ2v) is 8.29. The van der Waals surface area contributed by atoms with Crippen LogP contribution in [0.25, 0.3) is 0 Å². The van der Waals surface area contributed by atoms with E-state index in [1.54, 1.807) is 0 Å². The largest absolute Gasteiger partial charge is 0.490 e. The van der Waals surface area contributed by atoms with Gasteiger partial charge in [-0.1, -0.05) is 18.2 Å². The van der Waals surface area contributed by atoms with Crippen molar-refractivity contribution in [1.82, 2.24) is 15.1 Å². The first-order valence-corrected chi connectivity index (χ1v) is 10.7. The van der Waals surface area contributed by atoms with Crippen molar-refractivity contribution >= 4 is 5.96 Å². The predicted octanol–water partition coefficient (Wildman–Crippen LogP) is 3.11. The Kier molecular flexibility index (Phi) is 6.17. The molecule has 2 aliphatic heterocycles. The smallest absolute Gasteiger partial charge is 0.193 e. The molecule has 0 radical (unpaired) electrons. The summed E-state index contributed by atoms with van der Waals surface area (Å²) in [6.07, 6.45) is 8.12. The number of hydrogen-bond donors (Lipinski definition) is 1. The Morgan fingerprint density at radius 3 is 2.67 bits per heavy atom. The van der Waals surface area contributed by atoms with Crippen LogP contribution in [0.5, 0.6) is 5.75 Å². The summed E-state index contributed by atoms with van der Waals surface area (Å²) in [6.45, 7) is 6.84. The van der Waals surface area contributed by atoms with Crippen LogP contribution in [0.3, 0.4) is 0 Å². The van der Waals surface area contributed by atoms with Gasteiger partial charge in [0, 0.05) is 38.8 Å². The average molecular weight is 371 g/mol. The van der Waals surface area contributed by atoms with Gasteiger partial charge in [0.15, 0.2) is 5.96 Å². The molecule has 1 aromatic carbocycles. The van der Waals surface area contributed by atoms with E-state index >= 15 is 0 Å². The van der Waals surface area contributed by atoms with E-state index in [0.29, 0.717) is 6.10 Å². The van der Waals surface area contributed by atoms with Gasteiger partial charge in [-0.05, 0) is 63.6 Å². The van der Waals surface area contributed by atoms with Crippen molar-refractivity contribution in [1.29, 1.82) is 0 Å². The average Bonchev–Trinajstić information content (AvgIpc) is 3.32. The first kappa shape index (κ1) is 18.6. The first-order valence-electron chi connectivity index (χ1n) is 10.7. The highest BCUT2D eigenvalue weighted by molar-refractivity contribution is 5.80. The fourth-order valence-corrected chi connectivity index (χ4v) is 4.44. The fourth-order valence-electron chi connectivity index (χ4n) is 4.44. The molecule has 0 aromatic heterocycles. The molecule has 1 atom stereocenters. The molecule has 1 aromatic rings. The number of guanidine groups is 1. The molecule has 3 fully saturated rings. The van der Waals surface area contributed by atoms with Crippen LogP contribution in [-0.2, 0) is 6.54 Å². The lowest BCUT2D eigenvalue weighted by molar-refractivity contribution is 0.119. The Bertz CT molecular complexity index is 637. The molecule has 3 aliphatic rings. The van der Waals surface area contributed by atoms with Crippen LogP contribution < -0.4 is 10.1 Å². The minimum atomic E-state index is 0.412. The maximum atomic E-state index is 6.17. The van der Waals surface area contributed by atoms with Crippen LogP contribution in [0.2, 0.25) is 0 Å². The van der Waals surface area contributed by atoms with Crippen LogP contribution in [0.15, 0.2) is 29.3 Å². The number of benzene rings is 1. The Labute approximate surface area is 163 Å². The second-order valence-electron chi connectivity index (χ2n) is 8.29. The molecule has 1 saturated carbocycles. The van der Waals surface area contributed by atoms with Crippen molar-refractivity contribution in [3.8, 4) is 5.75 Å². The van der Waals surface area contributed by atoms with E-state index in [2.05, 4.69) is 44.4 Å².